The molecule has 0 spiro atoms. The van der Waals surface area contributed by atoms with E-state index >= 15 is 0 Å². The molecule has 2 rings (SSSR count). The lowest BCUT2D eigenvalue weighted by atomic mass is 9.94. The van der Waals surface area contributed by atoms with Gasteiger partial charge in [-0.15, -0.1) is 0 Å². The van der Waals surface area contributed by atoms with Crippen LogP contribution in [0.3, 0.4) is 0 Å². The maximum absolute atomic E-state index is 5.93. The third-order valence-corrected chi connectivity index (χ3v) is 3.80. The Balaban J connectivity index is 1.83. The van der Waals surface area contributed by atoms with Crippen LogP contribution in [0.2, 0.25) is 0 Å². The van der Waals surface area contributed by atoms with Crippen LogP contribution in [-0.4, -0.2) is 20.3 Å². The fourth-order valence-corrected chi connectivity index (χ4v) is 2.54. The molecular weight excluding hydrogens is 274 g/mol. The Hall–Kier alpha value is -2.00. The molecule has 0 radical (unpaired) electrons. The molecule has 0 saturated heterocycles. The number of aryl methyl sites for hydroxylation is 1. The first-order valence-corrected chi connectivity index (χ1v) is 7.76. The number of methoxy groups -OCH3 is 1. The Morgan fingerprint density at radius 3 is 2.55 bits per heavy atom. The third-order valence-electron chi connectivity index (χ3n) is 3.80. The van der Waals surface area contributed by atoms with Crippen molar-refractivity contribution in [2.24, 2.45) is 5.73 Å². The first-order valence-electron chi connectivity index (χ1n) is 7.76. The minimum absolute atomic E-state index is 0.344. The smallest absolute Gasteiger partial charge is 0.119 e. The van der Waals surface area contributed by atoms with Gasteiger partial charge >= 0.3 is 0 Å². The van der Waals surface area contributed by atoms with E-state index in [9.17, 15) is 0 Å². The van der Waals surface area contributed by atoms with E-state index in [4.69, 9.17) is 15.2 Å². The number of nitrogens with two attached hydrogens (primary N) is 1. The van der Waals surface area contributed by atoms with Crippen molar-refractivity contribution in [3.63, 3.8) is 0 Å². The zero-order chi connectivity index (χ0) is 15.8. The van der Waals surface area contributed by atoms with Gasteiger partial charge in [0.25, 0.3) is 0 Å². The normalized spacial score (nSPS) is 12.0. The van der Waals surface area contributed by atoms with E-state index in [-0.39, 0.29) is 0 Å². The molecule has 0 aliphatic carbocycles. The van der Waals surface area contributed by atoms with Crippen molar-refractivity contribution < 1.29 is 9.47 Å². The summed E-state index contributed by atoms with van der Waals surface area (Å²) < 4.78 is 11.1. The van der Waals surface area contributed by atoms with E-state index in [1.165, 1.54) is 11.1 Å². The Morgan fingerprint density at radius 1 is 1.05 bits per heavy atom. The standard InChI is InChI=1S/C19H25NO2/c1-15-6-3-10-19(12-15)22-11-5-8-17(14-20)16-7-4-9-18(13-16)21-2/h3-4,6-7,9-10,12-13,17H,5,8,11,14,20H2,1-2H3. The maximum atomic E-state index is 5.93. The Labute approximate surface area is 133 Å². The monoisotopic (exact) mass is 299 g/mol. The summed E-state index contributed by atoms with van der Waals surface area (Å²) in [4.78, 5) is 0. The minimum Gasteiger partial charge on any atom is -0.497 e. The predicted octanol–water partition coefficient (Wildman–Crippen LogP) is 3.91. The van der Waals surface area contributed by atoms with Crippen molar-refractivity contribution in [3.8, 4) is 11.5 Å². The Morgan fingerprint density at radius 2 is 1.82 bits per heavy atom. The molecule has 2 aromatic rings. The van der Waals surface area contributed by atoms with Crippen LogP contribution in [0.4, 0.5) is 0 Å². The second-order valence-corrected chi connectivity index (χ2v) is 5.52. The molecule has 0 aliphatic heterocycles. The lowest BCUT2D eigenvalue weighted by molar-refractivity contribution is 0.301. The van der Waals surface area contributed by atoms with E-state index in [1.54, 1.807) is 7.11 Å². The first kappa shape index (κ1) is 16.4. The van der Waals surface area contributed by atoms with Gasteiger partial charge in [-0.05, 0) is 67.6 Å². The molecule has 118 valence electrons. The van der Waals surface area contributed by atoms with Crippen molar-refractivity contribution in [1.29, 1.82) is 0 Å². The summed E-state index contributed by atoms with van der Waals surface area (Å²) >= 11 is 0. The maximum Gasteiger partial charge on any atom is 0.119 e. The Bertz CT molecular complexity index is 583. The molecule has 3 heteroatoms. The molecule has 0 fully saturated rings. The summed E-state index contributed by atoms with van der Waals surface area (Å²) in [6, 6.07) is 16.3. The number of benzene rings is 2. The fourth-order valence-electron chi connectivity index (χ4n) is 2.54. The van der Waals surface area contributed by atoms with Gasteiger partial charge < -0.3 is 15.2 Å². The number of hydrogen-bond donors (Lipinski definition) is 1. The van der Waals surface area contributed by atoms with E-state index in [0.29, 0.717) is 19.1 Å². The summed E-state index contributed by atoms with van der Waals surface area (Å²) in [6.45, 7) is 3.42. The summed E-state index contributed by atoms with van der Waals surface area (Å²) in [5.41, 5.74) is 8.38. The topological polar surface area (TPSA) is 44.5 Å². The van der Waals surface area contributed by atoms with Crippen LogP contribution in [0.15, 0.2) is 48.5 Å². The average molecular weight is 299 g/mol. The van der Waals surface area contributed by atoms with Gasteiger partial charge in [-0.3, -0.25) is 0 Å². The highest BCUT2D eigenvalue weighted by Gasteiger charge is 2.10. The average Bonchev–Trinajstić information content (AvgIpc) is 2.55. The SMILES string of the molecule is COc1cccc(C(CN)CCCOc2cccc(C)c2)c1. The molecule has 1 unspecified atom stereocenters. The number of ether oxygens (including phenoxy) is 2. The molecule has 0 aliphatic rings. The van der Waals surface area contributed by atoms with Crippen LogP contribution < -0.4 is 15.2 Å². The summed E-state index contributed by atoms with van der Waals surface area (Å²) in [5, 5.41) is 0. The van der Waals surface area contributed by atoms with Crippen molar-refractivity contribution in [1.82, 2.24) is 0 Å². The zero-order valence-corrected chi connectivity index (χ0v) is 13.4. The summed E-state index contributed by atoms with van der Waals surface area (Å²) in [7, 11) is 1.69. The second kappa shape index (κ2) is 8.44. The molecule has 3 nitrogen and oxygen atoms in total. The highest BCUT2D eigenvalue weighted by Crippen LogP contribution is 2.24. The van der Waals surface area contributed by atoms with Gasteiger partial charge in [0.1, 0.15) is 11.5 Å². The van der Waals surface area contributed by atoms with E-state index in [1.807, 2.05) is 24.3 Å². The minimum atomic E-state index is 0.344. The van der Waals surface area contributed by atoms with Gasteiger partial charge in [0.05, 0.1) is 13.7 Å². The van der Waals surface area contributed by atoms with Crippen LogP contribution in [0.1, 0.15) is 29.9 Å². The highest BCUT2D eigenvalue weighted by molar-refractivity contribution is 5.31. The molecule has 2 aromatic carbocycles. The first-order chi connectivity index (χ1) is 10.7. The van der Waals surface area contributed by atoms with E-state index in [0.717, 1.165) is 24.3 Å². The molecule has 0 amide bonds. The summed E-state index contributed by atoms with van der Waals surface area (Å²) in [6.07, 6.45) is 1.99. The molecule has 0 aromatic heterocycles. The lowest BCUT2D eigenvalue weighted by Gasteiger charge is -2.16. The largest absolute Gasteiger partial charge is 0.497 e. The third kappa shape index (κ3) is 4.78. The molecule has 0 saturated carbocycles. The molecule has 22 heavy (non-hydrogen) atoms. The van der Waals surface area contributed by atoms with Crippen LogP contribution >= 0.6 is 0 Å². The fraction of sp³-hybridized carbons (Fsp3) is 0.368. The van der Waals surface area contributed by atoms with Crippen molar-refractivity contribution in [2.75, 3.05) is 20.3 Å². The predicted molar refractivity (Wildman–Crippen MR) is 90.7 cm³/mol. The van der Waals surface area contributed by atoms with Crippen molar-refractivity contribution in [2.45, 2.75) is 25.7 Å². The van der Waals surface area contributed by atoms with Gasteiger partial charge in [-0.1, -0.05) is 24.3 Å². The van der Waals surface area contributed by atoms with E-state index in [2.05, 4.69) is 31.2 Å². The van der Waals surface area contributed by atoms with Crippen LogP contribution in [0.25, 0.3) is 0 Å². The molecular formula is C19H25NO2. The lowest BCUT2D eigenvalue weighted by Crippen LogP contribution is -2.13. The number of hydrogen-bond acceptors (Lipinski definition) is 3. The zero-order valence-electron chi connectivity index (χ0n) is 13.4. The quantitative estimate of drug-likeness (QED) is 0.752. The second-order valence-electron chi connectivity index (χ2n) is 5.52. The van der Waals surface area contributed by atoms with Crippen molar-refractivity contribution >= 4 is 0 Å². The Kier molecular flexibility index (Phi) is 6.28. The molecule has 1 atom stereocenters. The molecule has 0 heterocycles. The van der Waals surface area contributed by atoms with Gasteiger partial charge in [0, 0.05) is 0 Å². The van der Waals surface area contributed by atoms with Gasteiger partial charge in [-0.25, -0.2) is 0 Å². The van der Waals surface area contributed by atoms with E-state index < -0.39 is 0 Å². The van der Waals surface area contributed by atoms with Gasteiger partial charge in [0.15, 0.2) is 0 Å². The van der Waals surface area contributed by atoms with Gasteiger partial charge in [-0.2, -0.15) is 0 Å². The molecule has 2 N–H and O–H groups in total. The highest BCUT2D eigenvalue weighted by atomic mass is 16.5. The van der Waals surface area contributed by atoms with Crippen LogP contribution in [0.5, 0.6) is 11.5 Å². The van der Waals surface area contributed by atoms with Gasteiger partial charge in [0.2, 0.25) is 0 Å². The summed E-state index contributed by atoms with van der Waals surface area (Å²) in [5.74, 6) is 2.16. The van der Waals surface area contributed by atoms with Crippen molar-refractivity contribution in [3.05, 3.63) is 59.7 Å². The molecule has 0 bridgehead atoms. The number of rotatable bonds is 8. The van der Waals surface area contributed by atoms with Crippen LogP contribution in [-0.2, 0) is 0 Å². The van der Waals surface area contributed by atoms with Crippen LogP contribution in [0, 0.1) is 6.92 Å².